The topological polar surface area (TPSA) is 0 Å². The SMILES string of the molecule is [2H]C([2H])([2H])C([2H])([2H])C([2H])([2H])[P+](c1ccccc1)(c1ccccc1)c1ccccc1.[Br-]. The van der Waals surface area contributed by atoms with Gasteiger partial charge in [0.1, 0.15) is 23.2 Å². The fourth-order valence-electron chi connectivity index (χ4n) is 2.68. The molecule has 3 rings (SSSR count). The third kappa shape index (κ3) is 3.57. The molecule has 118 valence electrons. The summed E-state index contributed by atoms with van der Waals surface area (Å²) < 4.78 is 58.4. The lowest BCUT2D eigenvalue weighted by Crippen LogP contribution is -3.00. The van der Waals surface area contributed by atoms with Crippen LogP contribution in [0.1, 0.15) is 22.8 Å². The average Bonchev–Trinajstić information content (AvgIpc) is 2.70. The van der Waals surface area contributed by atoms with Crippen molar-refractivity contribution in [2.24, 2.45) is 0 Å². The molecule has 0 aliphatic heterocycles. The first-order valence-electron chi connectivity index (χ1n) is 10.6. The summed E-state index contributed by atoms with van der Waals surface area (Å²) in [5.74, 6) is 0. The zero-order valence-corrected chi connectivity index (χ0v) is 15.0. The summed E-state index contributed by atoms with van der Waals surface area (Å²) in [4.78, 5) is 0. The summed E-state index contributed by atoms with van der Waals surface area (Å²) in [6.45, 7) is -3.14. The Hall–Kier alpha value is -1.43. The highest BCUT2D eigenvalue weighted by Crippen LogP contribution is 2.55. The van der Waals surface area contributed by atoms with Gasteiger partial charge in [-0.3, -0.25) is 0 Å². The second-order valence-electron chi connectivity index (χ2n) is 4.91. The Labute approximate surface area is 160 Å². The van der Waals surface area contributed by atoms with E-state index in [1.54, 1.807) is 72.8 Å². The minimum Gasteiger partial charge on any atom is -1.00 e. The van der Waals surface area contributed by atoms with Crippen molar-refractivity contribution in [2.45, 2.75) is 13.2 Å². The highest BCUT2D eigenvalue weighted by atomic mass is 79.9. The molecule has 0 N–H and O–H groups in total. The molecule has 23 heavy (non-hydrogen) atoms. The molecule has 0 spiro atoms. The summed E-state index contributed by atoms with van der Waals surface area (Å²) in [6.07, 6.45) is -5.80. The predicted molar refractivity (Wildman–Crippen MR) is 100 cm³/mol. The Morgan fingerprint density at radius 3 is 1.35 bits per heavy atom. The van der Waals surface area contributed by atoms with Crippen molar-refractivity contribution >= 4 is 23.2 Å². The standard InChI is InChI=1S/C21H22P.BrH/c1-2-18-22(19-12-6-3-7-13-19,20-14-8-4-9-15-20)21-16-10-5-11-17-21;/h3-17H,2,18H2,1H3;1H/q+1;/p-1/i1D3,2D2,18D2;. The van der Waals surface area contributed by atoms with Gasteiger partial charge < -0.3 is 17.0 Å². The molecule has 0 aliphatic rings. The Morgan fingerprint density at radius 1 is 0.696 bits per heavy atom. The van der Waals surface area contributed by atoms with E-state index >= 15 is 0 Å². The van der Waals surface area contributed by atoms with Gasteiger partial charge in [0.2, 0.25) is 0 Å². The van der Waals surface area contributed by atoms with E-state index in [9.17, 15) is 0 Å². The van der Waals surface area contributed by atoms with Crippen LogP contribution in [0.3, 0.4) is 0 Å². The van der Waals surface area contributed by atoms with Gasteiger partial charge in [0, 0.05) is 6.85 Å². The quantitative estimate of drug-likeness (QED) is 0.576. The molecule has 0 radical (unpaired) electrons. The summed E-state index contributed by atoms with van der Waals surface area (Å²) in [7, 11) is -3.38. The van der Waals surface area contributed by atoms with Crippen molar-refractivity contribution in [2.75, 3.05) is 6.11 Å². The van der Waals surface area contributed by atoms with Crippen molar-refractivity contribution in [3.05, 3.63) is 91.0 Å². The van der Waals surface area contributed by atoms with Gasteiger partial charge in [0.15, 0.2) is 0 Å². The van der Waals surface area contributed by atoms with Crippen LogP contribution in [0.5, 0.6) is 0 Å². The van der Waals surface area contributed by atoms with Crippen LogP contribution in [0.4, 0.5) is 0 Å². The summed E-state index contributed by atoms with van der Waals surface area (Å²) in [5.41, 5.74) is 0. The minimum absolute atomic E-state index is 0. The molecule has 0 saturated carbocycles. The van der Waals surface area contributed by atoms with Crippen molar-refractivity contribution in [1.29, 1.82) is 0 Å². The van der Waals surface area contributed by atoms with Crippen LogP contribution >= 0.6 is 7.26 Å². The van der Waals surface area contributed by atoms with Gasteiger partial charge >= 0.3 is 0 Å². The lowest BCUT2D eigenvalue weighted by Gasteiger charge is -2.27. The Kier molecular flexibility index (Phi) is 3.83. The van der Waals surface area contributed by atoms with Crippen molar-refractivity contribution in [3.8, 4) is 0 Å². The predicted octanol–water partition coefficient (Wildman–Crippen LogP) is 1.39. The van der Waals surface area contributed by atoms with Crippen molar-refractivity contribution in [3.63, 3.8) is 0 Å². The molecule has 0 atom stereocenters. The molecule has 0 aromatic heterocycles. The maximum atomic E-state index is 9.08. The molecule has 0 aliphatic carbocycles. The Balaban J connectivity index is 0.00000320. The van der Waals surface area contributed by atoms with Crippen LogP contribution < -0.4 is 32.9 Å². The summed E-state index contributed by atoms with van der Waals surface area (Å²) in [5, 5.41) is 1.78. The normalized spacial score (nSPS) is 17.1. The van der Waals surface area contributed by atoms with E-state index in [2.05, 4.69) is 0 Å². The van der Waals surface area contributed by atoms with Crippen LogP contribution in [0.2, 0.25) is 0 Å². The number of benzene rings is 3. The Morgan fingerprint density at radius 2 is 1.04 bits per heavy atom. The third-order valence-corrected chi connectivity index (χ3v) is 7.32. The molecule has 0 nitrogen and oxygen atoms in total. The van der Waals surface area contributed by atoms with Gasteiger partial charge in [-0.15, -0.1) is 0 Å². The molecule has 0 saturated heterocycles. The third-order valence-electron chi connectivity index (χ3n) is 3.65. The number of rotatable bonds is 5. The molecule has 0 bridgehead atoms. The van der Waals surface area contributed by atoms with Crippen molar-refractivity contribution < 1.29 is 26.6 Å². The molecule has 3 aromatic carbocycles. The summed E-state index contributed by atoms with van der Waals surface area (Å²) in [6, 6.07) is 26.7. The second-order valence-corrected chi connectivity index (χ2v) is 8.03. The van der Waals surface area contributed by atoms with Gasteiger partial charge in [0.05, 0.1) is 8.86 Å². The number of halogens is 1. The fraction of sp³-hybridized carbons (Fsp3) is 0.143. The maximum absolute atomic E-state index is 9.08. The van der Waals surface area contributed by atoms with Crippen LogP contribution in [-0.4, -0.2) is 6.11 Å². The van der Waals surface area contributed by atoms with Crippen LogP contribution in [0.15, 0.2) is 91.0 Å². The first-order chi connectivity index (χ1) is 13.6. The summed E-state index contributed by atoms with van der Waals surface area (Å²) >= 11 is 0. The minimum atomic E-state index is -3.38. The van der Waals surface area contributed by atoms with Gasteiger partial charge in [-0.25, -0.2) is 0 Å². The molecule has 0 heterocycles. The van der Waals surface area contributed by atoms with E-state index in [1.807, 2.05) is 18.2 Å². The van der Waals surface area contributed by atoms with E-state index in [-0.39, 0.29) is 17.0 Å². The molecule has 3 aromatic rings. The van der Waals surface area contributed by atoms with Gasteiger partial charge in [-0.05, 0) is 42.8 Å². The number of hydrogen-bond donors (Lipinski definition) is 0. The lowest BCUT2D eigenvalue weighted by atomic mass is 10.4. The fourth-order valence-corrected chi connectivity index (χ4v) is 5.99. The molecule has 0 unspecified atom stereocenters. The second kappa shape index (κ2) is 8.43. The van der Waals surface area contributed by atoms with E-state index < -0.39 is 26.6 Å². The molecule has 2 heteroatoms. The highest BCUT2D eigenvalue weighted by Gasteiger charge is 2.43. The maximum Gasteiger partial charge on any atom is 0.112 e. The van der Waals surface area contributed by atoms with E-state index in [0.29, 0.717) is 15.9 Å². The van der Waals surface area contributed by atoms with E-state index in [1.165, 1.54) is 0 Å². The lowest BCUT2D eigenvalue weighted by molar-refractivity contribution is -0.00000433. The van der Waals surface area contributed by atoms with Crippen molar-refractivity contribution in [1.82, 2.24) is 0 Å². The average molecular weight is 392 g/mol. The van der Waals surface area contributed by atoms with Gasteiger partial charge in [-0.2, -0.15) is 0 Å². The van der Waals surface area contributed by atoms with Crippen LogP contribution in [0, 0.1) is 0 Å². The highest BCUT2D eigenvalue weighted by molar-refractivity contribution is 7.95. The first kappa shape index (κ1) is 10.4. The largest absolute Gasteiger partial charge is 1.00 e. The molecule has 0 fully saturated rings. The zero-order valence-electron chi connectivity index (χ0n) is 19.5. The smallest absolute Gasteiger partial charge is 0.112 e. The Bertz CT molecular complexity index is 849. The van der Waals surface area contributed by atoms with Gasteiger partial charge in [0.25, 0.3) is 0 Å². The zero-order chi connectivity index (χ0) is 21.3. The number of hydrogen-bond acceptors (Lipinski definition) is 0. The molecular formula is C21H22BrP. The first-order valence-corrected chi connectivity index (χ1v) is 8.92. The monoisotopic (exact) mass is 391 g/mol. The molecular weight excluding hydrogens is 363 g/mol. The molecule has 0 amide bonds. The van der Waals surface area contributed by atoms with E-state index in [0.717, 1.165) is 0 Å². The van der Waals surface area contributed by atoms with Gasteiger partial charge in [-0.1, -0.05) is 61.4 Å². The van der Waals surface area contributed by atoms with E-state index in [4.69, 9.17) is 9.60 Å². The van der Waals surface area contributed by atoms with Crippen LogP contribution in [-0.2, 0) is 0 Å². The van der Waals surface area contributed by atoms with Crippen LogP contribution in [0.25, 0.3) is 0 Å².